The number of hydrogen-bond donors (Lipinski definition) is 1. The summed E-state index contributed by atoms with van der Waals surface area (Å²) in [5, 5.41) is 8.82. The van der Waals surface area contributed by atoms with Gasteiger partial charge in [-0.25, -0.2) is 0 Å². The molecule has 3 nitrogen and oxygen atoms in total. The Morgan fingerprint density at radius 3 is 2.83 bits per heavy atom. The molecule has 12 heavy (non-hydrogen) atoms. The average molecular weight is 170 g/mol. The molecule has 0 aromatic carbocycles. The van der Waals surface area contributed by atoms with E-state index in [0.29, 0.717) is 0 Å². The number of ether oxygens (including phenoxy) is 1. The maximum atomic E-state index is 10.7. The molecular weight excluding hydrogens is 156 g/mol. The van der Waals surface area contributed by atoms with E-state index in [4.69, 9.17) is 9.84 Å². The van der Waals surface area contributed by atoms with Gasteiger partial charge in [0.25, 0.3) is 0 Å². The predicted octanol–water partition coefficient (Wildman–Crippen LogP) is 1.28. The maximum Gasteiger partial charge on any atom is 0.307 e. The largest absolute Gasteiger partial charge is 0.481 e. The summed E-state index contributed by atoms with van der Waals surface area (Å²) < 4.78 is 5.39. The Bertz CT molecular complexity index is 214. The van der Waals surface area contributed by atoms with Crippen LogP contribution in [0.2, 0.25) is 0 Å². The first kappa shape index (κ1) is 8.05. The van der Waals surface area contributed by atoms with E-state index in [1.807, 2.05) is 6.92 Å². The van der Waals surface area contributed by atoms with E-state index in [1.165, 1.54) is 0 Å². The van der Waals surface area contributed by atoms with Gasteiger partial charge < -0.3 is 9.84 Å². The molecule has 1 saturated heterocycles. The van der Waals surface area contributed by atoms with Crippen LogP contribution in [0.25, 0.3) is 0 Å². The van der Waals surface area contributed by atoms with Gasteiger partial charge in [-0.1, -0.05) is 0 Å². The smallest absolute Gasteiger partial charge is 0.307 e. The first-order chi connectivity index (χ1) is 5.64. The zero-order chi connectivity index (χ0) is 8.77. The molecule has 0 radical (unpaired) electrons. The van der Waals surface area contributed by atoms with E-state index in [9.17, 15) is 4.79 Å². The lowest BCUT2D eigenvalue weighted by atomic mass is 9.90. The number of rotatable bonds is 1. The second kappa shape index (κ2) is 2.46. The van der Waals surface area contributed by atoms with Crippen molar-refractivity contribution in [1.29, 1.82) is 0 Å². The highest BCUT2D eigenvalue weighted by Gasteiger charge is 2.59. The highest BCUT2D eigenvalue weighted by Crippen LogP contribution is 2.60. The quantitative estimate of drug-likeness (QED) is 0.644. The van der Waals surface area contributed by atoms with Crippen molar-refractivity contribution in [2.45, 2.75) is 32.3 Å². The van der Waals surface area contributed by atoms with Gasteiger partial charge in [0, 0.05) is 6.61 Å². The minimum absolute atomic E-state index is 0.0798. The lowest BCUT2D eigenvalue weighted by molar-refractivity contribution is -0.140. The molecule has 1 N–H and O–H groups in total. The summed E-state index contributed by atoms with van der Waals surface area (Å²) in [5.74, 6) is -0.701. The molecule has 1 aliphatic heterocycles. The van der Waals surface area contributed by atoms with Crippen LogP contribution in [0.4, 0.5) is 0 Å². The fourth-order valence-electron chi connectivity index (χ4n) is 2.40. The summed E-state index contributed by atoms with van der Waals surface area (Å²) in [6.45, 7) is 2.77. The number of carboxylic acid groups (broad SMARTS) is 1. The minimum Gasteiger partial charge on any atom is -0.481 e. The molecule has 1 aliphatic carbocycles. The summed E-state index contributed by atoms with van der Waals surface area (Å²) in [5.41, 5.74) is 0.115. The summed E-state index contributed by atoms with van der Waals surface area (Å²) in [4.78, 5) is 10.7. The maximum absolute atomic E-state index is 10.7. The standard InChI is InChI=1S/C9H14O3/c1-6-4-9(2-3-12-6)5-7(9)8(10)11/h6-7H,2-5H2,1H3,(H,10,11)/t6-,7+,9-/m0/s1. The van der Waals surface area contributed by atoms with Gasteiger partial charge in [0.2, 0.25) is 0 Å². The van der Waals surface area contributed by atoms with Crippen LogP contribution >= 0.6 is 0 Å². The van der Waals surface area contributed by atoms with Gasteiger partial charge in [0.05, 0.1) is 12.0 Å². The van der Waals surface area contributed by atoms with Crippen LogP contribution in [-0.4, -0.2) is 23.8 Å². The Kier molecular flexibility index (Phi) is 1.65. The molecule has 1 saturated carbocycles. The first-order valence-corrected chi connectivity index (χ1v) is 4.48. The molecule has 1 heterocycles. The van der Waals surface area contributed by atoms with Crippen molar-refractivity contribution in [1.82, 2.24) is 0 Å². The van der Waals surface area contributed by atoms with E-state index in [0.717, 1.165) is 25.9 Å². The topological polar surface area (TPSA) is 46.5 Å². The van der Waals surface area contributed by atoms with Gasteiger partial charge in [0.1, 0.15) is 0 Å². The Labute approximate surface area is 71.7 Å². The third-order valence-electron chi connectivity index (χ3n) is 3.18. The second-order valence-corrected chi connectivity index (χ2v) is 4.09. The molecular formula is C9H14O3. The Morgan fingerprint density at radius 2 is 2.33 bits per heavy atom. The molecule has 2 aliphatic rings. The van der Waals surface area contributed by atoms with Crippen molar-refractivity contribution >= 4 is 5.97 Å². The van der Waals surface area contributed by atoms with Crippen molar-refractivity contribution < 1.29 is 14.6 Å². The van der Waals surface area contributed by atoms with Crippen molar-refractivity contribution in [2.24, 2.45) is 11.3 Å². The summed E-state index contributed by atoms with van der Waals surface area (Å²) in [6.07, 6.45) is 3.00. The van der Waals surface area contributed by atoms with Gasteiger partial charge in [0.15, 0.2) is 0 Å². The van der Waals surface area contributed by atoms with Crippen LogP contribution in [0.3, 0.4) is 0 Å². The Balaban J connectivity index is 2.01. The van der Waals surface area contributed by atoms with Crippen LogP contribution in [0.1, 0.15) is 26.2 Å². The van der Waals surface area contributed by atoms with Gasteiger partial charge in [-0.15, -0.1) is 0 Å². The van der Waals surface area contributed by atoms with Crippen LogP contribution in [0, 0.1) is 11.3 Å². The molecule has 2 rings (SSSR count). The molecule has 1 spiro atoms. The monoisotopic (exact) mass is 170 g/mol. The predicted molar refractivity (Wildman–Crippen MR) is 42.8 cm³/mol. The number of carbonyl (C=O) groups is 1. The normalized spacial score (nSPS) is 46.1. The highest BCUT2D eigenvalue weighted by atomic mass is 16.5. The molecule has 0 aromatic rings. The highest BCUT2D eigenvalue weighted by molar-refractivity contribution is 5.74. The summed E-state index contributed by atoms with van der Waals surface area (Å²) in [7, 11) is 0. The van der Waals surface area contributed by atoms with E-state index in [1.54, 1.807) is 0 Å². The third kappa shape index (κ3) is 1.12. The average Bonchev–Trinajstić information content (AvgIpc) is 2.63. The van der Waals surface area contributed by atoms with Crippen LogP contribution < -0.4 is 0 Å². The van der Waals surface area contributed by atoms with E-state index in [-0.39, 0.29) is 17.4 Å². The van der Waals surface area contributed by atoms with Crippen molar-refractivity contribution in [2.75, 3.05) is 6.61 Å². The molecule has 0 amide bonds. The molecule has 0 aromatic heterocycles. The van der Waals surface area contributed by atoms with Crippen molar-refractivity contribution in [3.63, 3.8) is 0 Å². The zero-order valence-electron chi connectivity index (χ0n) is 7.25. The minimum atomic E-state index is -0.621. The van der Waals surface area contributed by atoms with Gasteiger partial charge in [-0.05, 0) is 31.6 Å². The molecule has 2 fully saturated rings. The fourth-order valence-corrected chi connectivity index (χ4v) is 2.40. The van der Waals surface area contributed by atoms with Crippen LogP contribution in [0.15, 0.2) is 0 Å². The summed E-state index contributed by atoms with van der Waals surface area (Å²) in [6, 6.07) is 0. The second-order valence-electron chi connectivity index (χ2n) is 4.09. The molecule has 3 atom stereocenters. The van der Waals surface area contributed by atoms with Gasteiger partial charge in [-0.3, -0.25) is 4.79 Å². The Hall–Kier alpha value is -0.570. The van der Waals surface area contributed by atoms with Crippen LogP contribution in [-0.2, 0) is 9.53 Å². The zero-order valence-corrected chi connectivity index (χ0v) is 7.25. The molecule has 0 unspecified atom stereocenters. The van der Waals surface area contributed by atoms with Gasteiger partial charge >= 0.3 is 5.97 Å². The number of carboxylic acids is 1. The van der Waals surface area contributed by atoms with E-state index < -0.39 is 5.97 Å². The van der Waals surface area contributed by atoms with Crippen molar-refractivity contribution in [3.05, 3.63) is 0 Å². The van der Waals surface area contributed by atoms with Gasteiger partial charge in [-0.2, -0.15) is 0 Å². The van der Waals surface area contributed by atoms with E-state index in [2.05, 4.69) is 0 Å². The Morgan fingerprint density at radius 1 is 1.58 bits per heavy atom. The van der Waals surface area contributed by atoms with Crippen molar-refractivity contribution in [3.8, 4) is 0 Å². The molecule has 0 bridgehead atoms. The lowest BCUT2D eigenvalue weighted by Crippen LogP contribution is -2.26. The number of aliphatic carboxylic acids is 1. The number of hydrogen-bond acceptors (Lipinski definition) is 2. The molecule has 68 valence electrons. The summed E-state index contributed by atoms with van der Waals surface area (Å²) >= 11 is 0. The van der Waals surface area contributed by atoms with Crippen LogP contribution in [0.5, 0.6) is 0 Å². The fraction of sp³-hybridized carbons (Fsp3) is 0.889. The SMILES string of the molecule is C[C@H]1C[C@@]2(CCO1)C[C@@H]2C(=O)O. The third-order valence-corrected chi connectivity index (χ3v) is 3.18. The van der Waals surface area contributed by atoms with E-state index >= 15 is 0 Å². The lowest BCUT2D eigenvalue weighted by Gasteiger charge is -2.27. The first-order valence-electron chi connectivity index (χ1n) is 4.48. The molecule has 3 heteroatoms.